The highest BCUT2D eigenvalue weighted by Crippen LogP contribution is 2.21. The summed E-state index contributed by atoms with van der Waals surface area (Å²) in [7, 11) is 0. The number of carbonyl (C=O) groups excluding carboxylic acids is 1. The third kappa shape index (κ3) is 4.95. The van der Waals surface area contributed by atoms with Crippen LogP contribution in [0.2, 0.25) is 0 Å². The molecule has 4 N–H and O–H groups in total. The molecule has 0 spiro atoms. The van der Waals surface area contributed by atoms with Gasteiger partial charge in [-0.25, -0.2) is 0 Å². The quantitative estimate of drug-likeness (QED) is 0.706. The van der Waals surface area contributed by atoms with Crippen molar-refractivity contribution >= 4 is 17.4 Å². The number of nitrogens with two attached hydrogens (primary N) is 1. The molecule has 1 heterocycles. The molecule has 1 aromatic rings. The molecule has 1 atom stereocenters. The Morgan fingerprint density at radius 1 is 1.40 bits per heavy atom. The molecule has 0 bridgehead atoms. The number of nitrogen functional groups attached to an aromatic ring is 1. The molecule has 0 fully saturated rings. The van der Waals surface area contributed by atoms with E-state index in [4.69, 9.17) is 10.5 Å². The van der Waals surface area contributed by atoms with Gasteiger partial charge < -0.3 is 21.1 Å². The van der Waals surface area contributed by atoms with Crippen LogP contribution in [-0.4, -0.2) is 30.1 Å². The number of carbonyl (C=O) groups is 1. The maximum Gasteiger partial charge on any atom is 0.242 e. The molecule has 0 aliphatic rings. The summed E-state index contributed by atoms with van der Waals surface area (Å²) >= 11 is 0. The molecular weight excluding hydrogens is 256 g/mol. The Bertz CT molecular complexity index is 449. The molecule has 0 aliphatic heterocycles. The second kappa shape index (κ2) is 7.57. The minimum absolute atomic E-state index is 0.0599. The highest BCUT2D eigenvalue weighted by molar-refractivity contribution is 5.83. The van der Waals surface area contributed by atoms with Crippen molar-refractivity contribution in [1.29, 1.82) is 0 Å². The van der Waals surface area contributed by atoms with E-state index in [1.54, 1.807) is 19.1 Å². The van der Waals surface area contributed by atoms with E-state index in [1.165, 1.54) is 0 Å². The fraction of sp³-hybridized carbons (Fsp3) is 0.571. The number of amides is 1. The van der Waals surface area contributed by atoms with Crippen LogP contribution in [0, 0.1) is 5.92 Å². The topological polar surface area (TPSA) is 89.3 Å². The van der Waals surface area contributed by atoms with E-state index in [-0.39, 0.29) is 11.9 Å². The molecule has 0 saturated heterocycles. The highest BCUT2D eigenvalue weighted by Gasteiger charge is 2.14. The van der Waals surface area contributed by atoms with Gasteiger partial charge in [0.05, 0.1) is 12.3 Å². The summed E-state index contributed by atoms with van der Waals surface area (Å²) in [5.74, 6) is 1.31. The number of hydrogen-bond donors (Lipinski definition) is 3. The summed E-state index contributed by atoms with van der Waals surface area (Å²) < 4.78 is 5.32. The van der Waals surface area contributed by atoms with Gasteiger partial charge in [-0.1, -0.05) is 13.8 Å². The van der Waals surface area contributed by atoms with E-state index >= 15 is 0 Å². The summed E-state index contributed by atoms with van der Waals surface area (Å²) in [4.78, 5) is 16.1. The second-order valence-electron chi connectivity index (χ2n) is 5.03. The van der Waals surface area contributed by atoms with Gasteiger partial charge in [0.15, 0.2) is 0 Å². The van der Waals surface area contributed by atoms with Crippen molar-refractivity contribution in [2.24, 2.45) is 5.92 Å². The van der Waals surface area contributed by atoms with Crippen LogP contribution in [0.3, 0.4) is 0 Å². The predicted molar refractivity (Wildman–Crippen MR) is 80.8 cm³/mol. The predicted octanol–water partition coefficient (Wildman–Crippen LogP) is 1.64. The Morgan fingerprint density at radius 3 is 2.70 bits per heavy atom. The molecule has 6 heteroatoms. The van der Waals surface area contributed by atoms with Gasteiger partial charge >= 0.3 is 0 Å². The van der Waals surface area contributed by atoms with Crippen LogP contribution in [0.4, 0.5) is 11.5 Å². The summed E-state index contributed by atoms with van der Waals surface area (Å²) in [5, 5.41) is 5.90. The summed E-state index contributed by atoms with van der Waals surface area (Å²) in [5.41, 5.74) is 6.23. The number of hydrogen-bond acceptors (Lipinski definition) is 5. The monoisotopic (exact) mass is 280 g/mol. The van der Waals surface area contributed by atoms with Crippen molar-refractivity contribution in [3.8, 4) is 5.88 Å². The van der Waals surface area contributed by atoms with E-state index < -0.39 is 0 Å². The molecule has 112 valence electrons. The maximum atomic E-state index is 11.9. The van der Waals surface area contributed by atoms with Crippen LogP contribution in [0.1, 0.15) is 27.7 Å². The number of nitrogens with zero attached hydrogens (tertiary/aromatic N) is 1. The lowest BCUT2D eigenvalue weighted by Crippen LogP contribution is -2.39. The smallest absolute Gasteiger partial charge is 0.242 e. The Hall–Kier alpha value is -1.98. The van der Waals surface area contributed by atoms with Gasteiger partial charge in [0.25, 0.3) is 0 Å². The van der Waals surface area contributed by atoms with Crippen molar-refractivity contribution in [1.82, 2.24) is 10.3 Å². The molecule has 1 rings (SSSR count). The molecule has 0 aromatic carbocycles. The average Bonchev–Trinajstić information content (AvgIpc) is 2.40. The van der Waals surface area contributed by atoms with Crippen molar-refractivity contribution in [3.63, 3.8) is 0 Å². The van der Waals surface area contributed by atoms with E-state index in [0.29, 0.717) is 36.5 Å². The SMILES string of the molecule is CCOc1nc(NC(C)C(=O)NCC(C)C)ccc1N. The van der Waals surface area contributed by atoms with Gasteiger partial charge in [-0.05, 0) is 31.9 Å². The lowest BCUT2D eigenvalue weighted by Gasteiger charge is -2.16. The van der Waals surface area contributed by atoms with Gasteiger partial charge in [0, 0.05) is 6.54 Å². The standard InChI is InChI=1S/C14H24N4O2/c1-5-20-14-11(15)6-7-12(18-14)17-10(4)13(19)16-8-9(2)3/h6-7,9-10H,5,8,15H2,1-4H3,(H,16,19)(H,17,18). The van der Waals surface area contributed by atoms with Crippen LogP contribution in [0.5, 0.6) is 5.88 Å². The van der Waals surface area contributed by atoms with E-state index in [9.17, 15) is 4.79 Å². The van der Waals surface area contributed by atoms with Gasteiger partial charge in [-0.15, -0.1) is 0 Å². The first-order valence-electron chi connectivity index (χ1n) is 6.87. The van der Waals surface area contributed by atoms with Gasteiger partial charge in [0.2, 0.25) is 11.8 Å². The Morgan fingerprint density at radius 2 is 2.10 bits per heavy atom. The minimum atomic E-state index is -0.376. The fourth-order valence-electron chi connectivity index (χ4n) is 1.53. The lowest BCUT2D eigenvalue weighted by molar-refractivity contribution is -0.121. The first-order chi connectivity index (χ1) is 9.43. The number of anilines is 2. The second-order valence-corrected chi connectivity index (χ2v) is 5.03. The number of pyridine rings is 1. The molecule has 6 nitrogen and oxygen atoms in total. The van der Waals surface area contributed by atoms with Crippen molar-refractivity contribution in [3.05, 3.63) is 12.1 Å². The largest absolute Gasteiger partial charge is 0.476 e. The lowest BCUT2D eigenvalue weighted by atomic mass is 10.2. The van der Waals surface area contributed by atoms with Crippen LogP contribution in [-0.2, 0) is 4.79 Å². The number of ether oxygens (including phenoxy) is 1. The molecule has 1 amide bonds. The molecule has 0 saturated carbocycles. The third-order valence-corrected chi connectivity index (χ3v) is 2.61. The zero-order valence-corrected chi connectivity index (χ0v) is 12.6. The number of nitrogens with one attached hydrogen (secondary N) is 2. The van der Waals surface area contributed by atoms with Crippen LogP contribution in [0.15, 0.2) is 12.1 Å². The normalized spacial score (nSPS) is 12.1. The third-order valence-electron chi connectivity index (χ3n) is 2.61. The Kier molecular flexibility index (Phi) is 6.09. The Labute approximate surface area is 120 Å². The molecule has 1 unspecified atom stereocenters. The summed E-state index contributed by atoms with van der Waals surface area (Å²) in [6.45, 7) is 8.90. The number of aromatic nitrogens is 1. The molecule has 0 aliphatic carbocycles. The van der Waals surface area contributed by atoms with E-state index in [0.717, 1.165) is 0 Å². The van der Waals surface area contributed by atoms with E-state index in [1.807, 2.05) is 20.8 Å². The summed E-state index contributed by atoms with van der Waals surface area (Å²) in [6.07, 6.45) is 0. The molecule has 0 radical (unpaired) electrons. The highest BCUT2D eigenvalue weighted by atomic mass is 16.5. The zero-order valence-electron chi connectivity index (χ0n) is 12.6. The first-order valence-corrected chi connectivity index (χ1v) is 6.87. The molecule has 1 aromatic heterocycles. The van der Waals surface area contributed by atoms with Crippen LogP contribution in [0.25, 0.3) is 0 Å². The molecule has 20 heavy (non-hydrogen) atoms. The van der Waals surface area contributed by atoms with E-state index in [2.05, 4.69) is 15.6 Å². The van der Waals surface area contributed by atoms with Crippen molar-refractivity contribution in [2.75, 3.05) is 24.2 Å². The maximum absolute atomic E-state index is 11.9. The Balaban J connectivity index is 2.63. The van der Waals surface area contributed by atoms with Gasteiger partial charge in [0.1, 0.15) is 11.9 Å². The van der Waals surface area contributed by atoms with Crippen LogP contribution < -0.4 is 21.1 Å². The van der Waals surface area contributed by atoms with Gasteiger partial charge in [-0.2, -0.15) is 4.98 Å². The fourth-order valence-corrected chi connectivity index (χ4v) is 1.53. The minimum Gasteiger partial charge on any atom is -0.476 e. The van der Waals surface area contributed by atoms with Gasteiger partial charge in [-0.3, -0.25) is 4.79 Å². The molecular formula is C14H24N4O2. The first kappa shape index (κ1) is 16.1. The zero-order chi connectivity index (χ0) is 15.1. The summed E-state index contributed by atoms with van der Waals surface area (Å²) in [6, 6.07) is 3.06. The average molecular weight is 280 g/mol. The van der Waals surface area contributed by atoms with Crippen LogP contribution >= 0.6 is 0 Å². The van der Waals surface area contributed by atoms with Crippen molar-refractivity contribution < 1.29 is 9.53 Å². The van der Waals surface area contributed by atoms with Crippen molar-refractivity contribution in [2.45, 2.75) is 33.7 Å². The number of rotatable bonds is 7.